The van der Waals surface area contributed by atoms with Crippen LogP contribution < -0.4 is 5.56 Å². The van der Waals surface area contributed by atoms with Crippen molar-refractivity contribution in [3.05, 3.63) is 62.5 Å². The lowest BCUT2D eigenvalue weighted by Crippen LogP contribution is -2.48. The smallest absolute Gasteiger partial charge is 0.338 e. The lowest BCUT2D eigenvalue weighted by molar-refractivity contribution is -0.0440. The first-order valence-electron chi connectivity index (χ1n) is 9.73. The number of benzene rings is 1. The summed E-state index contributed by atoms with van der Waals surface area (Å²) < 4.78 is 39.9. The van der Waals surface area contributed by atoms with Crippen LogP contribution in [0.3, 0.4) is 0 Å². The van der Waals surface area contributed by atoms with Crippen molar-refractivity contribution >= 4 is 43.9 Å². The van der Waals surface area contributed by atoms with Gasteiger partial charge in [0.2, 0.25) is 10.0 Å². The molecule has 3 aromatic rings. The van der Waals surface area contributed by atoms with Crippen LogP contribution in [0.4, 0.5) is 0 Å². The van der Waals surface area contributed by atoms with Crippen molar-refractivity contribution < 1.29 is 22.7 Å². The number of carbonyl (C=O) groups is 1. The van der Waals surface area contributed by atoms with Crippen molar-refractivity contribution in [2.24, 2.45) is 0 Å². The zero-order chi connectivity index (χ0) is 23.0. The maximum absolute atomic E-state index is 13.2. The molecule has 2 atom stereocenters. The van der Waals surface area contributed by atoms with Crippen LogP contribution in [0.25, 0.3) is 4.96 Å². The molecule has 0 amide bonds. The highest BCUT2D eigenvalue weighted by Crippen LogP contribution is 2.28. The summed E-state index contributed by atoms with van der Waals surface area (Å²) in [5, 5.41) is 1.73. The van der Waals surface area contributed by atoms with E-state index in [1.54, 1.807) is 25.4 Å². The Morgan fingerprint density at radius 3 is 2.72 bits per heavy atom. The number of halogens is 1. The summed E-state index contributed by atoms with van der Waals surface area (Å²) in [5.41, 5.74) is 0.0382. The fourth-order valence-electron chi connectivity index (χ4n) is 3.48. The standard InChI is InChI=1S/C20H20ClN3O6S2/c1-12-9-23(10-13(2)30-12)32(27,28)17-7-14(3-4-16(17)21)19(26)29-11-15-8-18(25)24-5-6-31-20(24)22-15/h3-8,12-13H,9-11H2,1-2H3/t12-,13+. The van der Waals surface area contributed by atoms with Gasteiger partial charge in [0.1, 0.15) is 11.5 Å². The van der Waals surface area contributed by atoms with E-state index in [1.807, 2.05) is 0 Å². The maximum atomic E-state index is 13.2. The van der Waals surface area contributed by atoms with Crippen LogP contribution in [-0.2, 0) is 26.1 Å². The SMILES string of the molecule is C[C@@H]1CN(S(=O)(=O)c2cc(C(=O)OCc3cc(=O)n4ccsc4n3)ccc2Cl)C[C@H](C)O1. The van der Waals surface area contributed by atoms with Gasteiger partial charge in [-0.05, 0) is 32.0 Å². The van der Waals surface area contributed by atoms with Crippen molar-refractivity contribution in [3.8, 4) is 0 Å². The molecule has 1 fully saturated rings. The number of sulfonamides is 1. The molecular weight excluding hydrogens is 478 g/mol. The number of hydrogen-bond acceptors (Lipinski definition) is 8. The van der Waals surface area contributed by atoms with E-state index in [1.165, 1.54) is 44.3 Å². The Kier molecular flexibility index (Phi) is 6.37. The van der Waals surface area contributed by atoms with Gasteiger partial charge < -0.3 is 9.47 Å². The minimum atomic E-state index is -3.95. The average Bonchev–Trinajstić information content (AvgIpc) is 3.21. The number of thiazole rings is 1. The quantitative estimate of drug-likeness (QED) is 0.498. The summed E-state index contributed by atoms with van der Waals surface area (Å²) >= 11 is 7.46. The number of morpholine rings is 1. The van der Waals surface area contributed by atoms with Crippen LogP contribution >= 0.6 is 22.9 Å². The number of fused-ring (bicyclic) bond motifs is 1. The number of esters is 1. The highest BCUT2D eigenvalue weighted by atomic mass is 35.5. The Morgan fingerprint density at radius 2 is 2.00 bits per heavy atom. The molecule has 0 radical (unpaired) electrons. The molecular formula is C20H20ClN3O6S2. The van der Waals surface area contributed by atoms with Crippen LogP contribution in [-0.4, -0.2) is 53.4 Å². The van der Waals surface area contributed by atoms with E-state index in [-0.39, 0.29) is 52.9 Å². The Balaban J connectivity index is 1.54. The third-order valence-corrected chi connectivity index (χ3v) is 7.95. The predicted molar refractivity (Wildman–Crippen MR) is 119 cm³/mol. The van der Waals surface area contributed by atoms with Crippen LogP contribution in [0, 0.1) is 0 Å². The van der Waals surface area contributed by atoms with Gasteiger partial charge in [-0.25, -0.2) is 18.2 Å². The van der Waals surface area contributed by atoms with Gasteiger partial charge in [-0.1, -0.05) is 11.6 Å². The normalized spacial score (nSPS) is 19.8. The summed E-state index contributed by atoms with van der Waals surface area (Å²) in [4.78, 5) is 29.2. The number of hydrogen-bond donors (Lipinski definition) is 0. The van der Waals surface area contributed by atoms with Gasteiger partial charge in [0.05, 0.1) is 28.5 Å². The third-order valence-electron chi connectivity index (χ3n) is 4.88. The van der Waals surface area contributed by atoms with E-state index in [0.29, 0.717) is 10.7 Å². The van der Waals surface area contributed by atoms with Crippen LogP contribution in [0.1, 0.15) is 29.9 Å². The van der Waals surface area contributed by atoms with Crippen molar-refractivity contribution in [2.45, 2.75) is 37.6 Å². The molecule has 1 aromatic carbocycles. The van der Waals surface area contributed by atoms with E-state index >= 15 is 0 Å². The Hall–Kier alpha value is -2.31. The van der Waals surface area contributed by atoms with E-state index in [9.17, 15) is 18.0 Å². The zero-order valence-electron chi connectivity index (χ0n) is 17.2. The molecule has 0 saturated carbocycles. The van der Waals surface area contributed by atoms with Gasteiger partial charge >= 0.3 is 5.97 Å². The van der Waals surface area contributed by atoms with Crippen LogP contribution in [0.2, 0.25) is 5.02 Å². The van der Waals surface area contributed by atoms with Crippen molar-refractivity contribution in [3.63, 3.8) is 0 Å². The van der Waals surface area contributed by atoms with E-state index in [4.69, 9.17) is 21.1 Å². The minimum Gasteiger partial charge on any atom is -0.456 e. The molecule has 9 nitrogen and oxygen atoms in total. The molecule has 1 saturated heterocycles. The first kappa shape index (κ1) is 22.9. The van der Waals surface area contributed by atoms with Gasteiger partial charge in [0, 0.05) is 30.7 Å². The molecule has 0 N–H and O–H groups in total. The first-order chi connectivity index (χ1) is 15.1. The topological polar surface area (TPSA) is 107 Å². The van der Waals surface area contributed by atoms with E-state index in [2.05, 4.69) is 4.98 Å². The maximum Gasteiger partial charge on any atom is 0.338 e. The van der Waals surface area contributed by atoms with E-state index < -0.39 is 16.0 Å². The molecule has 32 heavy (non-hydrogen) atoms. The lowest BCUT2D eigenvalue weighted by Gasteiger charge is -2.34. The second kappa shape index (κ2) is 8.91. The van der Waals surface area contributed by atoms with Gasteiger partial charge in [-0.3, -0.25) is 9.20 Å². The summed E-state index contributed by atoms with van der Waals surface area (Å²) in [5.74, 6) is -0.755. The molecule has 0 bridgehead atoms. The molecule has 0 unspecified atom stereocenters. The molecule has 1 aliphatic heterocycles. The number of ether oxygens (including phenoxy) is 2. The first-order valence-corrected chi connectivity index (χ1v) is 12.4. The Bertz CT molecular complexity index is 1330. The van der Waals surface area contributed by atoms with Gasteiger partial charge in [0.25, 0.3) is 5.56 Å². The van der Waals surface area contributed by atoms with Crippen molar-refractivity contribution in [1.29, 1.82) is 0 Å². The minimum absolute atomic E-state index is 0.00573. The fraction of sp³-hybridized carbons (Fsp3) is 0.350. The monoisotopic (exact) mass is 497 g/mol. The second-order valence-electron chi connectivity index (χ2n) is 7.44. The van der Waals surface area contributed by atoms with Crippen LogP contribution in [0.5, 0.6) is 0 Å². The number of carbonyl (C=O) groups excluding carboxylic acids is 1. The molecule has 1 aliphatic rings. The Labute approximate surface area is 193 Å². The number of nitrogens with zero attached hydrogens (tertiary/aromatic N) is 3. The summed E-state index contributed by atoms with van der Waals surface area (Å²) in [6.07, 6.45) is 1.08. The molecule has 0 aliphatic carbocycles. The lowest BCUT2D eigenvalue weighted by atomic mass is 10.2. The number of aromatic nitrogens is 2. The van der Waals surface area contributed by atoms with E-state index in [0.717, 1.165) is 0 Å². The highest BCUT2D eigenvalue weighted by Gasteiger charge is 2.34. The zero-order valence-corrected chi connectivity index (χ0v) is 19.6. The predicted octanol–water partition coefficient (Wildman–Crippen LogP) is 2.56. The molecule has 3 heterocycles. The van der Waals surface area contributed by atoms with Crippen LogP contribution in [0.15, 0.2) is 45.5 Å². The fourth-order valence-corrected chi connectivity index (χ4v) is 6.31. The van der Waals surface area contributed by atoms with Crippen molar-refractivity contribution in [2.75, 3.05) is 13.1 Å². The molecule has 4 rings (SSSR count). The second-order valence-corrected chi connectivity index (χ2v) is 10.6. The largest absolute Gasteiger partial charge is 0.456 e. The number of rotatable bonds is 5. The van der Waals surface area contributed by atoms with Crippen molar-refractivity contribution in [1.82, 2.24) is 13.7 Å². The highest BCUT2D eigenvalue weighted by molar-refractivity contribution is 7.89. The third kappa shape index (κ3) is 4.57. The van der Waals surface area contributed by atoms with Gasteiger partial charge in [-0.15, -0.1) is 11.3 Å². The Morgan fingerprint density at radius 1 is 1.28 bits per heavy atom. The summed E-state index contributed by atoms with van der Waals surface area (Å²) in [7, 11) is -3.95. The molecule has 2 aromatic heterocycles. The average molecular weight is 498 g/mol. The molecule has 170 valence electrons. The van der Waals surface area contributed by atoms with Gasteiger partial charge in [-0.2, -0.15) is 4.31 Å². The molecule has 0 spiro atoms. The molecule has 12 heteroatoms. The van der Waals surface area contributed by atoms with Gasteiger partial charge in [0.15, 0.2) is 4.96 Å². The summed E-state index contributed by atoms with van der Waals surface area (Å²) in [6, 6.07) is 5.22. The summed E-state index contributed by atoms with van der Waals surface area (Å²) in [6.45, 7) is 3.72.